The van der Waals surface area contributed by atoms with Crippen LogP contribution in [0.5, 0.6) is 0 Å². The Morgan fingerprint density at radius 1 is 1.26 bits per heavy atom. The van der Waals surface area contributed by atoms with Crippen molar-refractivity contribution in [1.29, 1.82) is 0 Å². The van der Waals surface area contributed by atoms with Gasteiger partial charge in [-0.1, -0.05) is 62.4 Å². The molecular weight excluding hydrogens is 284 g/mol. The number of esters is 1. The predicted octanol–water partition coefficient (Wildman–Crippen LogP) is 5.10. The first-order chi connectivity index (χ1) is 10.7. The van der Waals surface area contributed by atoms with Crippen molar-refractivity contribution in [2.45, 2.75) is 53.1 Å². The van der Waals surface area contributed by atoms with Crippen molar-refractivity contribution in [3.8, 4) is 0 Å². The summed E-state index contributed by atoms with van der Waals surface area (Å²) < 4.78 is 6.04. The van der Waals surface area contributed by atoms with Crippen LogP contribution in [0.4, 0.5) is 0 Å². The molecule has 0 saturated carbocycles. The van der Waals surface area contributed by atoms with Crippen molar-refractivity contribution in [2.75, 3.05) is 0 Å². The lowest BCUT2D eigenvalue weighted by Crippen LogP contribution is -2.56. The Kier molecular flexibility index (Phi) is 4.84. The molecule has 2 nitrogen and oxygen atoms in total. The van der Waals surface area contributed by atoms with Crippen molar-refractivity contribution in [1.82, 2.24) is 0 Å². The van der Waals surface area contributed by atoms with Crippen molar-refractivity contribution < 1.29 is 9.53 Å². The molecule has 2 unspecified atom stereocenters. The fourth-order valence-electron chi connectivity index (χ4n) is 4.10. The molecule has 1 aromatic rings. The van der Waals surface area contributed by atoms with E-state index in [1.54, 1.807) is 0 Å². The van der Waals surface area contributed by atoms with E-state index in [1.165, 1.54) is 12.5 Å². The average Bonchev–Trinajstić information content (AvgIpc) is 2.45. The van der Waals surface area contributed by atoms with Gasteiger partial charge in [0.15, 0.2) is 0 Å². The molecule has 0 aromatic heterocycles. The van der Waals surface area contributed by atoms with E-state index in [1.807, 2.05) is 18.2 Å². The van der Waals surface area contributed by atoms with E-state index in [9.17, 15) is 4.79 Å². The summed E-state index contributed by atoms with van der Waals surface area (Å²) in [6.45, 7) is 14.2. The number of rotatable bonds is 4. The third-order valence-corrected chi connectivity index (χ3v) is 5.42. The number of benzene rings is 1. The second-order valence-electron chi connectivity index (χ2n) is 7.33. The van der Waals surface area contributed by atoms with Gasteiger partial charge >= 0.3 is 5.97 Å². The third kappa shape index (κ3) is 3.12. The SMILES string of the molecule is C=C(C)C1CC=C(C)C(Cc2ccccc2)(OC(C)=O)C1(C)C. The van der Waals surface area contributed by atoms with Gasteiger partial charge in [-0.05, 0) is 37.3 Å². The van der Waals surface area contributed by atoms with Gasteiger partial charge in [0.05, 0.1) is 0 Å². The standard InChI is InChI=1S/C21H28O2/c1-15(2)19-13-12-16(3)21(20(19,5)6,23-17(4)22)14-18-10-8-7-9-11-18/h7-12,19H,1,13-14H2,2-6H3. The molecule has 1 aliphatic rings. The molecule has 0 amide bonds. The maximum absolute atomic E-state index is 11.9. The number of carbonyl (C=O) groups is 1. The van der Waals surface area contributed by atoms with Crippen LogP contribution >= 0.6 is 0 Å². The zero-order valence-electron chi connectivity index (χ0n) is 15.0. The van der Waals surface area contributed by atoms with E-state index in [0.29, 0.717) is 6.42 Å². The first-order valence-corrected chi connectivity index (χ1v) is 8.27. The van der Waals surface area contributed by atoms with Gasteiger partial charge in [-0.15, -0.1) is 0 Å². The van der Waals surface area contributed by atoms with E-state index in [0.717, 1.165) is 17.6 Å². The lowest BCUT2D eigenvalue weighted by Gasteiger charge is -2.53. The lowest BCUT2D eigenvalue weighted by molar-refractivity contribution is -0.170. The van der Waals surface area contributed by atoms with E-state index < -0.39 is 5.60 Å². The van der Waals surface area contributed by atoms with Crippen molar-refractivity contribution >= 4 is 5.97 Å². The summed E-state index contributed by atoms with van der Waals surface area (Å²) in [5.41, 5.74) is 2.60. The van der Waals surface area contributed by atoms with Gasteiger partial charge in [0.25, 0.3) is 0 Å². The van der Waals surface area contributed by atoms with Crippen LogP contribution in [0.3, 0.4) is 0 Å². The number of carbonyl (C=O) groups excluding carboxylic acids is 1. The first kappa shape index (κ1) is 17.5. The maximum atomic E-state index is 11.9. The summed E-state index contributed by atoms with van der Waals surface area (Å²) >= 11 is 0. The smallest absolute Gasteiger partial charge is 0.303 e. The van der Waals surface area contributed by atoms with Gasteiger partial charge < -0.3 is 4.74 Å². The minimum atomic E-state index is -0.637. The molecule has 1 aromatic carbocycles. The lowest BCUT2D eigenvalue weighted by atomic mass is 9.56. The average molecular weight is 312 g/mol. The number of ether oxygens (including phenoxy) is 1. The molecule has 2 atom stereocenters. The highest BCUT2D eigenvalue weighted by Gasteiger charge is 2.55. The number of allylic oxidation sites excluding steroid dienone is 2. The normalized spacial score (nSPS) is 26.3. The van der Waals surface area contributed by atoms with Crippen molar-refractivity contribution in [3.63, 3.8) is 0 Å². The summed E-state index contributed by atoms with van der Waals surface area (Å²) in [6, 6.07) is 10.3. The van der Waals surface area contributed by atoms with Crippen LogP contribution in [0.1, 0.15) is 46.6 Å². The second kappa shape index (κ2) is 6.35. The monoisotopic (exact) mass is 312 g/mol. The summed E-state index contributed by atoms with van der Waals surface area (Å²) in [5.74, 6) is 0.0541. The van der Waals surface area contributed by atoms with Gasteiger partial charge in [-0.2, -0.15) is 0 Å². The molecule has 1 aliphatic carbocycles. The summed E-state index contributed by atoms with van der Waals surface area (Å²) in [4.78, 5) is 11.9. The van der Waals surface area contributed by atoms with Crippen LogP contribution < -0.4 is 0 Å². The first-order valence-electron chi connectivity index (χ1n) is 8.27. The van der Waals surface area contributed by atoms with Gasteiger partial charge in [-0.3, -0.25) is 4.79 Å². The Balaban J connectivity index is 2.57. The maximum Gasteiger partial charge on any atom is 0.303 e. The van der Waals surface area contributed by atoms with Gasteiger partial charge in [-0.25, -0.2) is 0 Å². The Labute approximate surface area is 140 Å². The van der Waals surface area contributed by atoms with Crippen LogP contribution in [0.25, 0.3) is 0 Å². The highest BCUT2D eigenvalue weighted by atomic mass is 16.6. The highest BCUT2D eigenvalue weighted by Crippen LogP contribution is 2.53. The zero-order valence-corrected chi connectivity index (χ0v) is 15.0. The Bertz CT molecular complexity index is 625. The number of hydrogen-bond donors (Lipinski definition) is 0. The molecular formula is C21H28O2. The highest BCUT2D eigenvalue weighted by molar-refractivity contribution is 5.67. The molecule has 2 heteroatoms. The molecule has 124 valence electrons. The topological polar surface area (TPSA) is 26.3 Å². The fourth-order valence-corrected chi connectivity index (χ4v) is 4.10. The summed E-state index contributed by atoms with van der Waals surface area (Å²) in [5, 5.41) is 0. The van der Waals surface area contributed by atoms with Gasteiger partial charge in [0, 0.05) is 18.8 Å². The molecule has 0 radical (unpaired) electrons. The molecule has 23 heavy (non-hydrogen) atoms. The minimum Gasteiger partial charge on any atom is -0.454 e. The van der Waals surface area contributed by atoms with Crippen LogP contribution in [-0.4, -0.2) is 11.6 Å². The van der Waals surface area contributed by atoms with E-state index in [2.05, 4.69) is 52.5 Å². The third-order valence-electron chi connectivity index (χ3n) is 5.42. The Morgan fingerprint density at radius 2 is 1.87 bits per heavy atom. The van der Waals surface area contributed by atoms with Gasteiger partial charge in [0.1, 0.15) is 5.60 Å². The molecule has 0 spiro atoms. The molecule has 0 bridgehead atoms. The van der Waals surface area contributed by atoms with Crippen LogP contribution in [-0.2, 0) is 16.0 Å². The Hall–Kier alpha value is -1.83. The van der Waals surface area contributed by atoms with Crippen LogP contribution in [0.15, 0.2) is 54.1 Å². The van der Waals surface area contributed by atoms with Crippen molar-refractivity contribution in [2.24, 2.45) is 11.3 Å². The quantitative estimate of drug-likeness (QED) is 0.571. The summed E-state index contributed by atoms with van der Waals surface area (Å²) in [6.07, 6.45) is 3.86. The minimum absolute atomic E-state index is 0.223. The molecule has 0 fully saturated rings. The van der Waals surface area contributed by atoms with Crippen LogP contribution in [0.2, 0.25) is 0 Å². The second-order valence-corrected chi connectivity index (χ2v) is 7.33. The number of hydrogen-bond acceptors (Lipinski definition) is 2. The Morgan fingerprint density at radius 3 is 2.39 bits per heavy atom. The van der Waals surface area contributed by atoms with Gasteiger partial charge in [0.2, 0.25) is 0 Å². The van der Waals surface area contributed by atoms with Crippen molar-refractivity contribution in [3.05, 3.63) is 59.7 Å². The summed E-state index contributed by atoms with van der Waals surface area (Å²) in [7, 11) is 0. The predicted molar refractivity (Wildman–Crippen MR) is 95.1 cm³/mol. The fraction of sp³-hybridized carbons (Fsp3) is 0.476. The molecule has 0 heterocycles. The molecule has 2 rings (SSSR count). The molecule has 0 aliphatic heterocycles. The van der Waals surface area contributed by atoms with E-state index in [4.69, 9.17) is 4.74 Å². The van der Waals surface area contributed by atoms with E-state index in [-0.39, 0.29) is 17.3 Å². The van der Waals surface area contributed by atoms with Crippen LogP contribution in [0, 0.1) is 11.3 Å². The molecule has 0 N–H and O–H groups in total. The largest absolute Gasteiger partial charge is 0.454 e. The zero-order chi connectivity index (χ0) is 17.3. The molecule has 0 saturated heterocycles. The van der Waals surface area contributed by atoms with E-state index >= 15 is 0 Å².